The van der Waals surface area contributed by atoms with Gasteiger partial charge in [-0.2, -0.15) is 0 Å². The van der Waals surface area contributed by atoms with Gasteiger partial charge >= 0.3 is 0 Å². The Labute approximate surface area is 161 Å². The molecule has 136 valence electrons. The van der Waals surface area contributed by atoms with Crippen molar-refractivity contribution in [2.24, 2.45) is 17.3 Å². The number of carbonyl (C=O) groups is 1. The van der Waals surface area contributed by atoms with E-state index in [1.54, 1.807) is 11.8 Å². The monoisotopic (exact) mass is 364 g/mol. The Bertz CT molecular complexity index is 752. The second kappa shape index (κ2) is 7.60. The van der Waals surface area contributed by atoms with E-state index in [9.17, 15) is 4.79 Å². The molecule has 26 heavy (non-hydrogen) atoms. The number of benzene rings is 2. The molecule has 3 atom stereocenters. The molecule has 2 aromatic rings. The largest absolute Gasteiger partial charge is 0.294 e. The number of rotatable bonds is 4. The highest BCUT2D eigenvalue weighted by Gasteiger charge is 2.45. The first kappa shape index (κ1) is 17.9. The van der Waals surface area contributed by atoms with E-state index in [2.05, 4.69) is 55.5 Å². The molecule has 0 aliphatic heterocycles. The maximum Gasteiger partial charge on any atom is 0.169 e. The van der Waals surface area contributed by atoms with Crippen LogP contribution in [0, 0.1) is 17.3 Å². The van der Waals surface area contributed by atoms with Crippen LogP contribution in [-0.2, 0) is 0 Å². The minimum absolute atomic E-state index is 0.0904. The summed E-state index contributed by atoms with van der Waals surface area (Å²) in [7, 11) is 0. The van der Waals surface area contributed by atoms with Crippen LogP contribution in [0.5, 0.6) is 0 Å². The fraction of sp³-hybridized carbons (Fsp3) is 0.458. The van der Waals surface area contributed by atoms with Crippen LogP contribution in [-0.4, -0.2) is 5.78 Å². The highest BCUT2D eigenvalue weighted by molar-refractivity contribution is 7.99. The first-order valence-corrected chi connectivity index (χ1v) is 10.8. The molecule has 2 heteroatoms. The molecule has 0 N–H and O–H groups in total. The highest BCUT2D eigenvalue weighted by Crippen LogP contribution is 2.51. The Balaban J connectivity index is 1.54. The van der Waals surface area contributed by atoms with Crippen LogP contribution in [0.1, 0.15) is 62.2 Å². The quantitative estimate of drug-likeness (QED) is 0.542. The SMILES string of the molecule is CC1CC2CCCCC(C(=O)c3ccc(Sc4ccccc4)cc3)(C1)C2. The van der Waals surface area contributed by atoms with Crippen LogP contribution in [0.25, 0.3) is 0 Å². The predicted octanol–water partition coefficient (Wildman–Crippen LogP) is 7.02. The van der Waals surface area contributed by atoms with Crippen molar-refractivity contribution in [3.63, 3.8) is 0 Å². The molecule has 2 aliphatic rings. The van der Waals surface area contributed by atoms with Gasteiger partial charge in [0.1, 0.15) is 0 Å². The maximum absolute atomic E-state index is 13.5. The molecule has 2 fully saturated rings. The third-order valence-electron chi connectivity index (χ3n) is 6.25. The standard InChI is InChI=1S/C24H28OS/c1-18-15-19-7-5-6-14-24(16-18,17-19)23(25)20-10-12-22(13-11-20)26-21-8-3-2-4-9-21/h2-4,8-13,18-19H,5-7,14-17H2,1H3. The smallest absolute Gasteiger partial charge is 0.169 e. The molecule has 0 radical (unpaired) electrons. The zero-order valence-corrected chi connectivity index (χ0v) is 16.4. The first-order chi connectivity index (χ1) is 12.6. The lowest BCUT2D eigenvalue weighted by Gasteiger charge is -2.41. The highest BCUT2D eigenvalue weighted by atomic mass is 32.2. The predicted molar refractivity (Wildman–Crippen MR) is 109 cm³/mol. The van der Waals surface area contributed by atoms with Crippen LogP contribution in [0.3, 0.4) is 0 Å². The number of carbonyl (C=O) groups excluding carboxylic acids is 1. The van der Waals surface area contributed by atoms with Crippen molar-refractivity contribution in [2.75, 3.05) is 0 Å². The molecule has 0 heterocycles. The van der Waals surface area contributed by atoms with E-state index in [0.717, 1.165) is 30.7 Å². The molecule has 1 nitrogen and oxygen atoms in total. The summed E-state index contributed by atoms with van der Waals surface area (Å²) >= 11 is 1.75. The van der Waals surface area contributed by atoms with Gasteiger partial charge in [-0.1, -0.05) is 68.3 Å². The fourth-order valence-corrected chi connectivity index (χ4v) is 6.10. The van der Waals surface area contributed by atoms with Crippen molar-refractivity contribution < 1.29 is 4.79 Å². The lowest BCUT2D eigenvalue weighted by Crippen LogP contribution is -2.38. The second-order valence-electron chi connectivity index (χ2n) is 8.41. The summed E-state index contributed by atoms with van der Waals surface area (Å²) in [5, 5.41) is 0. The van der Waals surface area contributed by atoms with E-state index >= 15 is 0 Å². The number of ketones is 1. The summed E-state index contributed by atoms with van der Waals surface area (Å²) in [5.41, 5.74) is 0.824. The van der Waals surface area contributed by atoms with Gasteiger partial charge < -0.3 is 0 Å². The van der Waals surface area contributed by atoms with Crippen molar-refractivity contribution in [1.29, 1.82) is 0 Å². The molecule has 0 amide bonds. The molecule has 2 saturated carbocycles. The number of hydrogen-bond acceptors (Lipinski definition) is 2. The normalized spacial score (nSPS) is 28.3. The maximum atomic E-state index is 13.5. The zero-order valence-electron chi connectivity index (χ0n) is 15.6. The minimum atomic E-state index is -0.0904. The lowest BCUT2D eigenvalue weighted by molar-refractivity contribution is 0.0557. The van der Waals surface area contributed by atoms with Gasteiger partial charge in [-0.15, -0.1) is 0 Å². The summed E-state index contributed by atoms with van der Waals surface area (Å²) < 4.78 is 0. The number of hydrogen-bond donors (Lipinski definition) is 0. The van der Waals surface area contributed by atoms with Gasteiger partial charge in [-0.25, -0.2) is 0 Å². The van der Waals surface area contributed by atoms with Gasteiger partial charge in [0.15, 0.2) is 5.78 Å². The van der Waals surface area contributed by atoms with Gasteiger partial charge in [0.2, 0.25) is 0 Å². The van der Waals surface area contributed by atoms with E-state index in [4.69, 9.17) is 0 Å². The summed E-state index contributed by atoms with van der Waals surface area (Å²) in [5.74, 6) is 1.86. The van der Waals surface area contributed by atoms with Crippen molar-refractivity contribution in [1.82, 2.24) is 0 Å². The van der Waals surface area contributed by atoms with Crippen LogP contribution < -0.4 is 0 Å². The summed E-state index contributed by atoms with van der Waals surface area (Å²) in [4.78, 5) is 15.9. The molecule has 0 aromatic heterocycles. The molecule has 2 aromatic carbocycles. The van der Waals surface area contributed by atoms with Crippen molar-refractivity contribution in [3.8, 4) is 0 Å². The molecular formula is C24H28OS. The Morgan fingerprint density at radius 3 is 2.46 bits per heavy atom. The molecule has 4 rings (SSSR count). The van der Waals surface area contributed by atoms with E-state index in [1.807, 2.05) is 6.07 Å². The lowest BCUT2D eigenvalue weighted by atomic mass is 9.62. The van der Waals surface area contributed by atoms with Gasteiger partial charge in [0, 0.05) is 20.8 Å². The van der Waals surface area contributed by atoms with Gasteiger partial charge in [-0.3, -0.25) is 4.79 Å². The van der Waals surface area contributed by atoms with E-state index in [-0.39, 0.29) is 5.41 Å². The van der Waals surface area contributed by atoms with Crippen molar-refractivity contribution >= 4 is 17.5 Å². The minimum Gasteiger partial charge on any atom is -0.294 e. The third-order valence-corrected chi connectivity index (χ3v) is 7.26. The van der Waals surface area contributed by atoms with Gasteiger partial charge in [0.25, 0.3) is 0 Å². The Kier molecular flexibility index (Phi) is 5.22. The van der Waals surface area contributed by atoms with Crippen LogP contribution >= 0.6 is 11.8 Å². The molecule has 0 spiro atoms. The molecule has 3 unspecified atom stereocenters. The van der Waals surface area contributed by atoms with Crippen molar-refractivity contribution in [3.05, 3.63) is 60.2 Å². The third kappa shape index (κ3) is 3.76. The van der Waals surface area contributed by atoms with E-state index in [1.165, 1.54) is 35.5 Å². The molecular weight excluding hydrogens is 336 g/mol. The van der Waals surface area contributed by atoms with E-state index in [0.29, 0.717) is 11.7 Å². The number of fused-ring (bicyclic) bond motifs is 2. The average molecular weight is 365 g/mol. The summed E-state index contributed by atoms with van der Waals surface area (Å²) in [6.07, 6.45) is 8.47. The zero-order chi connectivity index (χ0) is 18.0. The van der Waals surface area contributed by atoms with Crippen LogP contribution in [0.4, 0.5) is 0 Å². The van der Waals surface area contributed by atoms with Crippen LogP contribution in [0.15, 0.2) is 64.4 Å². The molecule has 2 bridgehead atoms. The van der Waals surface area contributed by atoms with Gasteiger partial charge in [0.05, 0.1) is 0 Å². The fourth-order valence-electron chi connectivity index (χ4n) is 5.26. The first-order valence-electron chi connectivity index (χ1n) is 10.0. The Morgan fingerprint density at radius 1 is 0.962 bits per heavy atom. The van der Waals surface area contributed by atoms with Crippen LogP contribution in [0.2, 0.25) is 0 Å². The number of Topliss-reactive ketones (excluding diaryl/α,β-unsaturated/α-hetero) is 1. The van der Waals surface area contributed by atoms with Crippen molar-refractivity contribution in [2.45, 2.75) is 61.7 Å². The molecule has 2 aliphatic carbocycles. The van der Waals surface area contributed by atoms with Gasteiger partial charge in [-0.05, 0) is 61.8 Å². The topological polar surface area (TPSA) is 17.1 Å². The summed E-state index contributed by atoms with van der Waals surface area (Å²) in [6.45, 7) is 2.35. The Morgan fingerprint density at radius 2 is 1.69 bits per heavy atom. The molecule has 0 saturated heterocycles. The average Bonchev–Trinajstić information content (AvgIpc) is 2.81. The second-order valence-corrected chi connectivity index (χ2v) is 9.56. The summed E-state index contributed by atoms with van der Waals surface area (Å²) in [6, 6.07) is 18.7. The van der Waals surface area contributed by atoms with E-state index < -0.39 is 0 Å². The Hall–Kier alpha value is -1.54.